The van der Waals surface area contributed by atoms with Crippen LogP contribution in [0.4, 0.5) is 0 Å². The van der Waals surface area contributed by atoms with Gasteiger partial charge < -0.3 is 31.5 Å². The van der Waals surface area contributed by atoms with Gasteiger partial charge in [-0.25, -0.2) is 0 Å². The van der Waals surface area contributed by atoms with E-state index >= 15 is 0 Å². The summed E-state index contributed by atoms with van der Waals surface area (Å²) < 4.78 is 5.48. The average Bonchev–Trinajstić information content (AvgIpc) is 2.99. The van der Waals surface area contributed by atoms with E-state index in [1.165, 1.54) is 0 Å². The van der Waals surface area contributed by atoms with Gasteiger partial charge in [0, 0.05) is 25.9 Å². The van der Waals surface area contributed by atoms with Crippen molar-refractivity contribution in [3.05, 3.63) is 101 Å². The van der Waals surface area contributed by atoms with Gasteiger partial charge in [-0.1, -0.05) is 73.7 Å². The molecule has 3 aromatic rings. The van der Waals surface area contributed by atoms with Gasteiger partial charge in [0.15, 0.2) is 0 Å². The van der Waals surface area contributed by atoms with E-state index in [0.29, 0.717) is 24.5 Å². The molecule has 3 atom stereocenters. The first-order valence-electron chi connectivity index (χ1n) is 13.4. The molecule has 0 aliphatic carbocycles. The number of benzene rings is 3. The molecule has 0 saturated heterocycles. The maximum Gasteiger partial charge on any atom is 0.245 e. The fourth-order valence-electron chi connectivity index (χ4n) is 4.11. The Morgan fingerprint density at radius 3 is 2.05 bits per heavy atom. The van der Waals surface area contributed by atoms with Crippen LogP contribution in [0.5, 0.6) is 5.75 Å². The Labute approximate surface area is 235 Å². The highest BCUT2D eigenvalue weighted by atomic mass is 16.5. The summed E-state index contributed by atoms with van der Waals surface area (Å²) in [6.45, 7) is 4.72. The monoisotopic (exact) mass is 546 g/mol. The number of carbonyl (C=O) groups is 3. The van der Waals surface area contributed by atoms with Gasteiger partial charge >= 0.3 is 0 Å². The zero-order valence-corrected chi connectivity index (χ0v) is 22.9. The number of nitrogens with one attached hydrogen (secondary N) is 3. The zero-order chi connectivity index (χ0) is 28.9. The van der Waals surface area contributed by atoms with Gasteiger partial charge in [0.1, 0.15) is 23.9 Å². The summed E-state index contributed by atoms with van der Waals surface area (Å²) in [5.74, 6) is -0.755. The quantitative estimate of drug-likeness (QED) is 0.210. The largest absolute Gasteiger partial charge is 0.494 e. The van der Waals surface area contributed by atoms with Gasteiger partial charge in [0.2, 0.25) is 17.7 Å². The SMILES string of the molecule is CCOc1ccc(CC(NC(=O)CC)C(=O)N[C@H](C(=O)NCc2ccc(CN)cc2)[C@@H](O)c2ccccc2)cc1. The Morgan fingerprint density at radius 1 is 0.825 bits per heavy atom. The van der Waals surface area contributed by atoms with Crippen molar-refractivity contribution in [1.82, 2.24) is 16.0 Å². The van der Waals surface area contributed by atoms with Crippen molar-refractivity contribution in [3.63, 3.8) is 0 Å². The van der Waals surface area contributed by atoms with Crippen LogP contribution >= 0.6 is 0 Å². The Hall–Kier alpha value is -4.21. The number of hydrogen-bond acceptors (Lipinski definition) is 6. The maximum atomic E-state index is 13.5. The van der Waals surface area contributed by atoms with E-state index in [9.17, 15) is 19.5 Å². The fourth-order valence-corrected chi connectivity index (χ4v) is 4.11. The Bertz CT molecular complexity index is 1230. The lowest BCUT2D eigenvalue weighted by Gasteiger charge is -2.27. The van der Waals surface area contributed by atoms with Crippen LogP contribution in [0.1, 0.15) is 48.6 Å². The van der Waals surface area contributed by atoms with Crippen LogP contribution in [-0.4, -0.2) is 41.5 Å². The molecule has 0 fully saturated rings. The molecule has 0 heterocycles. The smallest absolute Gasteiger partial charge is 0.245 e. The second kappa shape index (κ2) is 15.4. The molecular formula is C31H38N4O5. The first kappa shape index (κ1) is 30.3. The number of aliphatic hydroxyl groups excluding tert-OH is 1. The van der Waals surface area contributed by atoms with Crippen LogP contribution in [0.25, 0.3) is 0 Å². The summed E-state index contributed by atoms with van der Waals surface area (Å²) >= 11 is 0. The van der Waals surface area contributed by atoms with E-state index < -0.39 is 30.0 Å². The molecule has 3 rings (SSSR count). The van der Waals surface area contributed by atoms with Crippen molar-refractivity contribution >= 4 is 17.7 Å². The van der Waals surface area contributed by atoms with E-state index in [0.717, 1.165) is 16.7 Å². The van der Waals surface area contributed by atoms with E-state index in [-0.39, 0.29) is 25.3 Å². The van der Waals surface area contributed by atoms with Crippen LogP contribution in [0, 0.1) is 0 Å². The molecule has 0 spiro atoms. The Balaban J connectivity index is 1.80. The van der Waals surface area contributed by atoms with E-state index in [2.05, 4.69) is 16.0 Å². The molecule has 3 aromatic carbocycles. The summed E-state index contributed by atoms with van der Waals surface area (Å²) in [4.78, 5) is 39.1. The third kappa shape index (κ3) is 8.93. The predicted molar refractivity (Wildman–Crippen MR) is 153 cm³/mol. The number of nitrogens with two attached hydrogens (primary N) is 1. The lowest BCUT2D eigenvalue weighted by molar-refractivity contribution is -0.134. The maximum absolute atomic E-state index is 13.5. The minimum atomic E-state index is -1.32. The molecule has 0 aliphatic heterocycles. The number of hydrogen-bond donors (Lipinski definition) is 5. The fraction of sp³-hybridized carbons (Fsp3) is 0.323. The summed E-state index contributed by atoms with van der Waals surface area (Å²) in [6, 6.07) is 21.1. The molecule has 1 unspecified atom stereocenters. The van der Waals surface area contributed by atoms with Crippen molar-refractivity contribution < 1.29 is 24.2 Å². The van der Waals surface area contributed by atoms with Crippen molar-refractivity contribution in [2.45, 2.75) is 58.0 Å². The van der Waals surface area contributed by atoms with Gasteiger partial charge in [-0.05, 0) is 41.3 Å². The van der Waals surface area contributed by atoms with E-state index in [4.69, 9.17) is 10.5 Å². The van der Waals surface area contributed by atoms with Gasteiger partial charge in [-0.3, -0.25) is 14.4 Å². The first-order valence-corrected chi connectivity index (χ1v) is 13.4. The summed E-state index contributed by atoms with van der Waals surface area (Å²) in [5, 5.41) is 19.4. The van der Waals surface area contributed by atoms with Crippen LogP contribution in [-0.2, 0) is 33.9 Å². The predicted octanol–water partition coefficient (Wildman–Crippen LogP) is 2.52. The van der Waals surface area contributed by atoms with Crippen LogP contribution < -0.4 is 26.4 Å². The molecule has 0 radical (unpaired) electrons. The van der Waals surface area contributed by atoms with Crippen LogP contribution in [0.2, 0.25) is 0 Å². The highest BCUT2D eigenvalue weighted by Gasteiger charge is 2.32. The number of ether oxygens (including phenoxy) is 1. The molecule has 40 heavy (non-hydrogen) atoms. The van der Waals surface area contributed by atoms with Gasteiger partial charge in [0.25, 0.3) is 0 Å². The minimum Gasteiger partial charge on any atom is -0.494 e. The minimum absolute atomic E-state index is 0.187. The van der Waals surface area contributed by atoms with Crippen molar-refractivity contribution in [3.8, 4) is 5.75 Å². The lowest BCUT2D eigenvalue weighted by atomic mass is 9.99. The Kier molecular flexibility index (Phi) is 11.7. The van der Waals surface area contributed by atoms with E-state index in [1.807, 2.05) is 43.3 Å². The first-order chi connectivity index (χ1) is 19.3. The molecular weight excluding hydrogens is 508 g/mol. The third-order valence-electron chi connectivity index (χ3n) is 6.41. The van der Waals surface area contributed by atoms with Crippen LogP contribution in [0.3, 0.4) is 0 Å². The molecule has 0 bridgehead atoms. The van der Waals surface area contributed by atoms with Crippen LogP contribution in [0.15, 0.2) is 78.9 Å². The second-order valence-corrected chi connectivity index (χ2v) is 9.33. The molecule has 0 saturated carbocycles. The molecule has 212 valence electrons. The van der Waals surface area contributed by atoms with Crippen molar-refractivity contribution in [1.29, 1.82) is 0 Å². The van der Waals surface area contributed by atoms with Gasteiger partial charge in [0.05, 0.1) is 6.61 Å². The molecule has 9 nitrogen and oxygen atoms in total. The van der Waals surface area contributed by atoms with Gasteiger partial charge in [-0.15, -0.1) is 0 Å². The number of amides is 3. The number of carbonyl (C=O) groups excluding carboxylic acids is 3. The highest BCUT2D eigenvalue weighted by Crippen LogP contribution is 2.18. The normalized spacial score (nSPS) is 13.0. The summed E-state index contributed by atoms with van der Waals surface area (Å²) in [7, 11) is 0. The second-order valence-electron chi connectivity index (χ2n) is 9.33. The third-order valence-corrected chi connectivity index (χ3v) is 6.41. The Morgan fingerprint density at radius 2 is 1.45 bits per heavy atom. The van der Waals surface area contributed by atoms with Gasteiger partial charge in [-0.2, -0.15) is 0 Å². The molecule has 3 amide bonds. The average molecular weight is 547 g/mol. The zero-order valence-electron chi connectivity index (χ0n) is 22.9. The summed E-state index contributed by atoms with van der Waals surface area (Å²) in [6.07, 6.45) is -0.947. The summed E-state index contributed by atoms with van der Waals surface area (Å²) in [5.41, 5.74) is 8.73. The topological polar surface area (TPSA) is 143 Å². The van der Waals surface area contributed by atoms with Crippen molar-refractivity contribution in [2.75, 3.05) is 6.61 Å². The molecule has 0 aliphatic rings. The molecule has 9 heteroatoms. The van der Waals surface area contributed by atoms with Crippen molar-refractivity contribution in [2.24, 2.45) is 5.73 Å². The number of rotatable bonds is 14. The van der Waals surface area contributed by atoms with E-state index in [1.54, 1.807) is 49.4 Å². The number of aliphatic hydroxyl groups is 1. The lowest BCUT2D eigenvalue weighted by Crippen LogP contribution is -2.56. The standard InChI is InChI=1S/C31H38N4O5/c1-3-27(36)34-26(18-21-14-16-25(17-15-21)40-4-2)30(38)35-28(29(37)24-8-6-5-7-9-24)31(39)33-20-23-12-10-22(19-32)11-13-23/h5-17,26,28-29,37H,3-4,18-20,32H2,1-2H3,(H,33,39)(H,34,36)(H,35,38)/t26?,28-,29-/m0/s1. The molecule has 6 N–H and O–H groups in total. The molecule has 0 aromatic heterocycles. The highest BCUT2D eigenvalue weighted by molar-refractivity contribution is 5.92.